The Morgan fingerprint density at radius 3 is 2.00 bits per heavy atom. The molecule has 0 aromatic heterocycles. The number of unbranched alkanes of at least 4 members (excludes halogenated alkanes) is 5. The van der Waals surface area contributed by atoms with Crippen molar-refractivity contribution in [3.8, 4) is 0 Å². The maximum atomic E-state index is 9.72. The van der Waals surface area contributed by atoms with E-state index in [2.05, 4.69) is 5.32 Å². The summed E-state index contributed by atoms with van der Waals surface area (Å²) >= 11 is 0. The van der Waals surface area contributed by atoms with Crippen molar-refractivity contribution in [2.24, 2.45) is 0 Å². The first kappa shape index (κ1) is 20.6. The van der Waals surface area contributed by atoms with Gasteiger partial charge in [-0.3, -0.25) is 0 Å². The monoisotopic (exact) mass is 445 g/mol. The summed E-state index contributed by atoms with van der Waals surface area (Å²) in [5.41, 5.74) is 0. The van der Waals surface area contributed by atoms with Crippen LogP contribution in [0.4, 0.5) is 0 Å². The minimum absolute atomic E-state index is 0. The average molecular weight is 445 g/mol. The Labute approximate surface area is 126 Å². The maximum Gasteiger partial charge on any atom is 0.0431 e. The molecule has 3 nitrogen and oxygen atoms in total. The third-order valence-electron chi connectivity index (χ3n) is 1.78. The molecule has 0 saturated carbocycles. The van der Waals surface area contributed by atoms with Crippen LogP contribution >= 0.6 is 0 Å². The van der Waals surface area contributed by atoms with Crippen LogP contribution in [0, 0.1) is 0 Å². The fraction of sp³-hybridized carbons (Fsp3) is 0.889. The number of hydrogen-bond donors (Lipinski definition) is 2. The van der Waals surface area contributed by atoms with Gasteiger partial charge in [-0.25, -0.2) is 0 Å². The van der Waals surface area contributed by atoms with Gasteiger partial charge < -0.3 is 15.2 Å². The molecule has 0 bridgehead atoms. The normalized spacial score (nSPS) is 8.36. The molecule has 0 unspecified atom stereocenters. The van der Waals surface area contributed by atoms with Crippen molar-refractivity contribution in [3.63, 3.8) is 0 Å². The van der Waals surface area contributed by atoms with Gasteiger partial charge in [0.2, 0.25) is 0 Å². The van der Waals surface area contributed by atoms with Crippen molar-refractivity contribution in [1.82, 2.24) is 5.32 Å². The van der Waals surface area contributed by atoms with Gasteiger partial charge in [0.25, 0.3) is 0 Å². The van der Waals surface area contributed by atoms with Crippen LogP contribution < -0.4 is 5.32 Å². The minimum Gasteiger partial charge on any atom is -0.530 e. The van der Waals surface area contributed by atoms with E-state index in [1.807, 2.05) is 0 Å². The van der Waals surface area contributed by atoms with E-state index < -0.39 is 0 Å². The van der Waals surface area contributed by atoms with E-state index in [1.165, 1.54) is 12.8 Å². The zero-order valence-corrected chi connectivity index (χ0v) is 14.3. The number of carbonyl (C=O) groups excluding carboxylic acids is 1. The fourth-order valence-electron chi connectivity index (χ4n) is 1.08. The van der Waals surface area contributed by atoms with Gasteiger partial charge in [-0.15, -0.1) is 0 Å². The predicted molar refractivity (Wildman–Crippen MR) is 48.5 cm³/mol. The molecule has 0 rings (SSSR count). The van der Waals surface area contributed by atoms with Crippen LogP contribution in [0.5, 0.6) is 0 Å². The maximum absolute atomic E-state index is 9.72. The number of nitrogens with one attached hydrogen (secondary N) is 1. The first-order valence-corrected chi connectivity index (χ1v) is 4.62. The second kappa shape index (κ2) is 19.7. The molecule has 0 fully saturated rings. The van der Waals surface area contributed by atoms with Gasteiger partial charge in [0.1, 0.15) is 0 Å². The first-order valence-electron chi connectivity index (χ1n) is 4.62. The molecule has 5 heteroatoms. The van der Waals surface area contributed by atoms with Crippen molar-refractivity contribution in [2.75, 3.05) is 13.2 Å². The van der Waals surface area contributed by atoms with Crippen molar-refractivity contribution < 1.29 is 63.7 Å². The van der Waals surface area contributed by atoms with Gasteiger partial charge in [0.15, 0.2) is 0 Å². The summed E-state index contributed by atoms with van der Waals surface area (Å²) < 4.78 is 0. The number of aliphatic hydroxyl groups is 1. The largest absolute Gasteiger partial charge is 0.530 e. The Balaban J connectivity index is -0.000000605. The molecule has 0 atom stereocenters. The Bertz CT molecular complexity index is 107. The molecule has 0 aromatic carbocycles. The van der Waals surface area contributed by atoms with Gasteiger partial charge in [0, 0.05) is 60.4 Å². The molecule has 81 valence electrons. The standard InChI is InChI=1S/C9H18NO2.W.Y/c11-8-6-4-2-1-3-5-7-10-9-12;;/h11H,1-8H2,(H,10,12);;/q-1;;. The molecule has 14 heavy (non-hydrogen) atoms. The molecule has 1 amide bonds. The van der Waals surface area contributed by atoms with Gasteiger partial charge in [0.05, 0.1) is 0 Å². The Morgan fingerprint density at radius 2 is 1.50 bits per heavy atom. The third-order valence-corrected chi connectivity index (χ3v) is 1.78. The zero-order valence-electron chi connectivity index (χ0n) is 8.50. The summed E-state index contributed by atoms with van der Waals surface area (Å²) in [7, 11) is 0. The van der Waals surface area contributed by atoms with Crippen molar-refractivity contribution in [3.05, 3.63) is 0 Å². The summed E-state index contributed by atoms with van der Waals surface area (Å²) in [5.74, 6) is 0. The van der Waals surface area contributed by atoms with Crippen LogP contribution in [0.15, 0.2) is 0 Å². The molecule has 0 spiro atoms. The molecule has 0 aliphatic heterocycles. The Kier molecular flexibility index (Phi) is 29.1. The van der Waals surface area contributed by atoms with Crippen molar-refractivity contribution in [2.45, 2.75) is 38.5 Å². The minimum atomic E-state index is 0. The van der Waals surface area contributed by atoms with Crippen LogP contribution in [0.3, 0.4) is 0 Å². The summed E-state index contributed by atoms with van der Waals surface area (Å²) in [4.78, 5) is 9.72. The van der Waals surface area contributed by atoms with Gasteiger partial charge in [-0.2, -0.15) is 6.41 Å². The van der Waals surface area contributed by atoms with Crippen molar-refractivity contribution >= 4 is 6.41 Å². The Hall–Kier alpha value is 1.22. The van der Waals surface area contributed by atoms with Gasteiger partial charge in [-0.05, 0) is 19.4 Å². The number of hydrogen-bond acceptors (Lipinski definition) is 2. The molecule has 0 saturated heterocycles. The molecular formula is C9H18NO2WY-. The molecule has 2 N–H and O–H groups in total. The molecule has 1 radical (unpaired) electrons. The smallest absolute Gasteiger partial charge is 0.0431 e. The summed E-state index contributed by atoms with van der Waals surface area (Å²) in [6.07, 6.45) is 8.25. The predicted octanol–water partition coefficient (Wildman–Crippen LogP) is 0.971. The number of amides is 1. The second-order valence-corrected chi connectivity index (χ2v) is 2.87. The molecule has 0 heterocycles. The molecular weight excluding hydrogens is 427 g/mol. The number of rotatable bonds is 9. The van der Waals surface area contributed by atoms with Crippen LogP contribution in [-0.4, -0.2) is 24.7 Å². The second-order valence-electron chi connectivity index (χ2n) is 2.87. The van der Waals surface area contributed by atoms with Gasteiger partial charge in [-0.1, -0.05) is 25.7 Å². The van der Waals surface area contributed by atoms with Crippen molar-refractivity contribution in [1.29, 1.82) is 0 Å². The molecule has 0 aliphatic carbocycles. The topological polar surface area (TPSA) is 49.3 Å². The number of aliphatic hydroxyl groups excluding tert-OH is 1. The SMILES string of the molecule is O=[C-]NCCCCCCCCO.[W].[Y]. The first-order chi connectivity index (χ1) is 5.91. The van der Waals surface area contributed by atoms with E-state index >= 15 is 0 Å². The average Bonchev–Trinajstić information content (AvgIpc) is 2.10. The zero-order chi connectivity index (χ0) is 9.07. The molecule has 0 aliphatic rings. The van der Waals surface area contributed by atoms with E-state index in [4.69, 9.17) is 5.11 Å². The summed E-state index contributed by atoms with van der Waals surface area (Å²) in [6.45, 7) is 1.05. The summed E-state index contributed by atoms with van der Waals surface area (Å²) in [6, 6.07) is 0. The van der Waals surface area contributed by atoms with Crippen LogP contribution in [0.25, 0.3) is 0 Å². The van der Waals surface area contributed by atoms with E-state index in [9.17, 15) is 4.79 Å². The quantitative estimate of drug-likeness (QED) is 0.316. The fourth-order valence-corrected chi connectivity index (χ4v) is 1.08. The van der Waals surface area contributed by atoms with Crippen LogP contribution in [0.2, 0.25) is 0 Å². The van der Waals surface area contributed by atoms with E-state index in [0.29, 0.717) is 6.61 Å². The van der Waals surface area contributed by atoms with Crippen LogP contribution in [-0.2, 0) is 58.6 Å². The van der Waals surface area contributed by atoms with Gasteiger partial charge >= 0.3 is 0 Å². The van der Waals surface area contributed by atoms with E-state index in [1.54, 1.807) is 6.41 Å². The third kappa shape index (κ3) is 18.9. The van der Waals surface area contributed by atoms with E-state index in [-0.39, 0.29) is 53.8 Å². The Morgan fingerprint density at radius 1 is 1.00 bits per heavy atom. The molecule has 0 aromatic rings. The van der Waals surface area contributed by atoms with E-state index in [0.717, 1.165) is 32.2 Å². The van der Waals surface area contributed by atoms with Crippen LogP contribution in [0.1, 0.15) is 38.5 Å². The summed E-state index contributed by atoms with van der Waals surface area (Å²) in [5, 5.41) is 11.0.